The molecule has 0 aliphatic carbocycles. The summed E-state index contributed by atoms with van der Waals surface area (Å²) < 4.78 is 5.86. The first-order chi connectivity index (χ1) is 16.7. The molecule has 0 aliphatic heterocycles. The summed E-state index contributed by atoms with van der Waals surface area (Å²) in [6, 6.07) is 17.2. The lowest BCUT2D eigenvalue weighted by atomic mass is 10.0. The highest BCUT2D eigenvalue weighted by molar-refractivity contribution is 5.70. The third-order valence-corrected chi connectivity index (χ3v) is 5.96. The fourth-order valence-corrected chi connectivity index (χ4v) is 3.86. The molecule has 1 aromatic heterocycles. The van der Waals surface area contributed by atoms with Crippen molar-refractivity contribution >= 4 is 6.08 Å². The molecule has 1 heterocycles. The van der Waals surface area contributed by atoms with Crippen molar-refractivity contribution in [2.24, 2.45) is 0 Å². The van der Waals surface area contributed by atoms with Crippen molar-refractivity contribution in [2.45, 2.75) is 64.9 Å². The van der Waals surface area contributed by atoms with Gasteiger partial charge in [0.15, 0.2) is 5.82 Å². The van der Waals surface area contributed by atoms with Gasteiger partial charge in [-0.05, 0) is 67.4 Å². The zero-order chi connectivity index (χ0) is 24.0. The smallest absolute Gasteiger partial charge is 0.151 e. The maximum absolute atomic E-state index is 5.86. The third-order valence-electron chi connectivity index (χ3n) is 5.96. The first-order valence-electron chi connectivity index (χ1n) is 12.6. The second kappa shape index (κ2) is 14.3. The summed E-state index contributed by atoms with van der Waals surface area (Å²) in [6.07, 6.45) is 18.0. The van der Waals surface area contributed by atoms with Gasteiger partial charge in [-0.1, -0.05) is 80.4 Å². The van der Waals surface area contributed by atoms with E-state index >= 15 is 0 Å². The van der Waals surface area contributed by atoms with Crippen LogP contribution in [0, 0.1) is 0 Å². The molecule has 3 rings (SSSR count). The largest absolute Gasteiger partial charge is 0.379 e. The quantitative estimate of drug-likeness (QED) is 0.181. The van der Waals surface area contributed by atoms with Gasteiger partial charge in [-0.15, -0.1) is 6.58 Å². The summed E-state index contributed by atoms with van der Waals surface area (Å²) in [5, 5.41) is 0. The molecule has 0 spiro atoms. The Morgan fingerprint density at radius 1 is 0.853 bits per heavy atom. The lowest BCUT2D eigenvalue weighted by Crippen LogP contribution is -2.08. The summed E-state index contributed by atoms with van der Waals surface area (Å²) in [5.41, 5.74) is 5.85. The van der Waals surface area contributed by atoms with Crippen molar-refractivity contribution in [1.82, 2.24) is 9.97 Å². The number of aromatic nitrogens is 2. The molecule has 1 unspecified atom stereocenters. The zero-order valence-corrected chi connectivity index (χ0v) is 20.7. The van der Waals surface area contributed by atoms with E-state index in [1.54, 1.807) is 0 Å². The van der Waals surface area contributed by atoms with E-state index in [9.17, 15) is 0 Å². The molecule has 1 atom stereocenters. The Morgan fingerprint density at radius 3 is 2.09 bits per heavy atom. The molecule has 0 saturated heterocycles. The predicted molar refractivity (Wildman–Crippen MR) is 145 cm³/mol. The summed E-state index contributed by atoms with van der Waals surface area (Å²) in [4.78, 5) is 9.05. The van der Waals surface area contributed by atoms with Gasteiger partial charge in [-0.25, -0.2) is 9.97 Å². The number of hydrogen-bond donors (Lipinski definition) is 0. The van der Waals surface area contributed by atoms with Crippen LogP contribution in [0.15, 0.2) is 79.7 Å². The Bertz CT molecular complexity index is 1000. The molecule has 34 heavy (non-hydrogen) atoms. The van der Waals surface area contributed by atoms with Gasteiger partial charge in [-0.3, -0.25) is 0 Å². The van der Waals surface area contributed by atoms with Crippen LogP contribution >= 0.6 is 0 Å². The van der Waals surface area contributed by atoms with E-state index in [2.05, 4.69) is 85.0 Å². The predicted octanol–water partition coefficient (Wildman–Crippen LogP) is 8.32. The van der Waals surface area contributed by atoms with Gasteiger partial charge < -0.3 is 4.74 Å². The fraction of sp³-hybridized carbons (Fsp3) is 0.355. The van der Waals surface area contributed by atoms with Gasteiger partial charge in [0.1, 0.15) is 0 Å². The van der Waals surface area contributed by atoms with Crippen LogP contribution in [0.1, 0.15) is 63.8 Å². The summed E-state index contributed by atoms with van der Waals surface area (Å²) in [7, 11) is 0. The molecular formula is C31H38N2O. The molecular weight excluding hydrogens is 416 g/mol. The Hall–Kier alpha value is -3.04. The average Bonchev–Trinajstić information content (AvgIpc) is 2.88. The van der Waals surface area contributed by atoms with E-state index in [1.165, 1.54) is 36.0 Å². The number of hydrogen-bond acceptors (Lipinski definition) is 3. The lowest BCUT2D eigenvalue weighted by Gasteiger charge is -2.11. The molecule has 0 N–H and O–H groups in total. The second-order valence-electron chi connectivity index (χ2n) is 8.82. The van der Waals surface area contributed by atoms with Crippen LogP contribution in [-0.4, -0.2) is 22.7 Å². The first kappa shape index (κ1) is 25.6. The Labute approximate surface area is 205 Å². The van der Waals surface area contributed by atoms with E-state index in [0.29, 0.717) is 6.10 Å². The van der Waals surface area contributed by atoms with Crippen LogP contribution in [0.4, 0.5) is 0 Å². The summed E-state index contributed by atoms with van der Waals surface area (Å²) >= 11 is 0. The number of benzene rings is 2. The van der Waals surface area contributed by atoms with Gasteiger partial charge in [-0.2, -0.15) is 0 Å². The number of unbranched alkanes of at least 4 members (excludes halogenated alkanes) is 3. The Balaban J connectivity index is 1.46. The normalized spacial score (nSPS) is 12.2. The van der Waals surface area contributed by atoms with Gasteiger partial charge in [0, 0.05) is 24.6 Å². The van der Waals surface area contributed by atoms with E-state index in [0.717, 1.165) is 49.2 Å². The minimum absolute atomic E-state index is 0.337. The number of nitrogens with zero attached hydrogens (tertiary/aromatic N) is 2. The number of rotatable bonds is 14. The van der Waals surface area contributed by atoms with Crippen molar-refractivity contribution in [1.29, 1.82) is 0 Å². The molecule has 0 aliphatic rings. The van der Waals surface area contributed by atoms with E-state index in [-0.39, 0.29) is 0 Å². The highest BCUT2D eigenvalue weighted by Gasteiger charge is 2.03. The van der Waals surface area contributed by atoms with Gasteiger partial charge >= 0.3 is 0 Å². The molecule has 0 fully saturated rings. The first-order valence-corrected chi connectivity index (χ1v) is 12.6. The topological polar surface area (TPSA) is 35.0 Å². The fourth-order valence-electron chi connectivity index (χ4n) is 3.86. The summed E-state index contributed by atoms with van der Waals surface area (Å²) in [6.45, 7) is 9.08. The number of allylic oxidation sites excluding steroid dienone is 2. The molecule has 3 nitrogen and oxygen atoms in total. The minimum Gasteiger partial charge on any atom is -0.379 e. The Morgan fingerprint density at radius 2 is 1.47 bits per heavy atom. The molecule has 0 bridgehead atoms. The van der Waals surface area contributed by atoms with Crippen LogP contribution < -0.4 is 0 Å². The Kier molecular flexibility index (Phi) is 10.7. The molecule has 0 amide bonds. The van der Waals surface area contributed by atoms with Crippen LogP contribution in [-0.2, 0) is 11.2 Å². The summed E-state index contributed by atoms with van der Waals surface area (Å²) in [5.74, 6) is 0.754. The van der Waals surface area contributed by atoms with E-state index in [4.69, 9.17) is 4.74 Å². The third kappa shape index (κ3) is 8.39. The SMILES string of the molecule is C=CCc1ccc(-c2ccc(-c3cnc(C=CCCCC(C)OCCCCC)nc3)cc2)cc1. The molecule has 3 aromatic rings. The lowest BCUT2D eigenvalue weighted by molar-refractivity contribution is 0.0566. The molecule has 0 radical (unpaired) electrons. The van der Waals surface area contributed by atoms with E-state index < -0.39 is 0 Å². The molecule has 3 heteroatoms. The highest BCUT2D eigenvalue weighted by Crippen LogP contribution is 2.25. The van der Waals surface area contributed by atoms with Crippen molar-refractivity contribution in [2.75, 3.05) is 6.61 Å². The highest BCUT2D eigenvalue weighted by atomic mass is 16.5. The molecule has 2 aromatic carbocycles. The maximum Gasteiger partial charge on any atom is 0.151 e. The van der Waals surface area contributed by atoms with Gasteiger partial charge in [0.05, 0.1) is 6.10 Å². The average molecular weight is 455 g/mol. The standard InChI is InChI=1S/C31H38N2O/c1-4-6-10-22-34-25(3)12-8-7-9-13-31-32-23-30(24-33-31)29-20-18-28(19-21-29)27-16-14-26(11-5-2)15-17-27/h5,9,13-21,23-25H,2,4,6-8,10-12,22H2,1,3H3. The van der Waals surface area contributed by atoms with Crippen molar-refractivity contribution in [3.8, 4) is 22.3 Å². The number of ether oxygens (including phenoxy) is 1. The maximum atomic E-state index is 5.86. The zero-order valence-electron chi connectivity index (χ0n) is 20.7. The monoisotopic (exact) mass is 454 g/mol. The molecule has 0 saturated carbocycles. The van der Waals surface area contributed by atoms with Crippen LogP contribution in [0.2, 0.25) is 0 Å². The second-order valence-corrected chi connectivity index (χ2v) is 8.82. The van der Waals surface area contributed by atoms with Crippen molar-refractivity contribution in [3.63, 3.8) is 0 Å². The minimum atomic E-state index is 0.337. The van der Waals surface area contributed by atoms with Crippen LogP contribution in [0.5, 0.6) is 0 Å². The van der Waals surface area contributed by atoms with Crippen LogP contribution in [0.25, 0.3) is 28.3 Å². The van der Waals surface area contributed by atoms with E-state index in [1.807, 2.05) is 24.5 Å². The van der Waals surface area contributed by atoms with Crippen LogP contribution in [0.3, 0.4) is 0 Å². The van der Waals surface area contributed by atoms with Crippen molar-refractivity contribution in [3.05, 3.63) is 91.0 Å². The van der Waals surface area contributed by atoms with Gasteiger partial charge in [0.25, 0.3) is 0 Å². The molecule has 178 valence electrons. The van der Waals surface area contributed by atoms with Gasteiger partial charge in [0.2, 0.25) is 0 Å². The van der Waals surface area contributed by atoms with Crippen molar-refractivity contribution < 1.29 is 4.74 Å².